The summed E-state index contributed by atoms with van der Waals surface area (Å²) in [5.41, 5.74) is 0.981. The van der Waals surface area contributed by atoms with Gasteiger partial charge in [-0.2, -0.15) is 5.11 Å². The van der Waals surface area contributed by atoms with E-state index in [1.807, 2.05) is 13.8 Å². The minimum atomic E-state index is -0.144. The Morgan fingerprint density at radius 2 is 2.33 bits per heavy atom. The lowest BCUT2D eigenvalue weighted by molar-refractivity contribution is -0.120. The quantitative estimate of drug-likeness (QED) is 0.482. The van der Waals surface area contributed by atoms with Gasteiger partial charge in [-0.15, -0.1) is 5.11 Å². The highest BCUT2D eigenvalue weighted by Gasteiger charge is 2.16. The minimum absolute atomic E-state index is 0.0671. The third kappa shape index (κ3) is 1.04. The van der Waals surface area contributed by atoms with Gasteiger partial charge in [0.05, 0.1) is 5.92 Å². The van der Waals surface area contributed by atoms with Crippen LogP contribution in [0, 0.1) is 5.92 Å². The molecule has 0 bridgehead atoms. The van der Waals surface area contributed by atoms with Gasteiger partial charge in [-0.3, -0.25) is 4.79 Å². The number of carbonyl (C=O) groups excluding carboxylic acids is 1. The van der Waals surface area contributed by atoms with Crippen LogP contribution < -0.4 is 0 Å². The van der Waals surface area contributed by atoms with Crippen LogP contribution in [0.1, 0.15) is 13.8 Å². The molecular weight excluding hydrogens is 116 g/mol. The van der Waals surface area contributed by atoms with Gasteiger partial charge >= 0.3 is 0 Å². The van der Waals surface area contributed by atoms with Crippen molar-refractivity contribution in [2.24, 2.45) is 16.1 Å². The van der Waals surface area contributed by atoms with Crippen LogP contribution >= 0.6 is 0 Å². The first-order chi connectivity index (χ1) is 4.22. The van der Waals surface area contributed by atoms with Crippen molar-refractivity contribution >= 4 is 5.91 Å². The van der Waals surface area contributed by atoms with Crippen LogP contribution in [0.15, 0.2) is 22.0 Å². The zero-order valence-corrected chi connectivity index (χ0v) is 5.46. The first kappa shape index (κ1) is 6.13. The molecule has 48 valence electrons. The average molecular weight is 124 g/mol. The van der Waals surface area contributed by atoms with E-state index >= 15 is 0 Å². The van der Waals surface area contributed by atoms with Crippen molar-refractivity contribution in [3.05, 3.63) is 11.8 Å². The van der Waals surface area contributed by atoms with Crippen LogP contribution in [0.5, 0.6) is 0 Å². The van der Waals surface area contributed by atoms with Crippen molar-refractivity contribution in [2.45, 2.75) is 13.8 Å². The van der Waals surface area contributed by atoms with Gasteiger partial charge in [0.25, 0.3) is 5.91 Å². The fraction of sp³-hybridized carbons (Fsp3) is 0.500. The van der Waals surface area contributed by atoms with Crippen molar-refractivity contribution in [2.75, 3.05) is 0 Å². The van der Waals surface area contributed by atoms with Crippen molar-refractivity contribution in [3.8, 4) is 0 Å². The zero-order chi connectivity index (χ0) is 6.85. The lowest BCUT2D eigenvalue weighted by atomic mass is 10.0. The fourth-order valence-electron chi connectivity index (χ4n) is 0.570. The van der Waals surface area contributed by atoms with Crippen LogP contribution in [0.2, 0.25) is 0 Å². The van der Waals surface area contributed by atoms with E-state index in [-0.39, 0.29) is 11.8 Å². The molecule has 1 rings (SSSR count). The standard InChI is InChI=1S/C6H8N2O/c1-4-3-7-8-6(9)5(4)2/h3,5H,1-2H3. The molecule has 0 spiro atoms. The second kappa shape index (κ2) is 2.09. The molecule has 1 aliphatic rings. The van der Waals surface area contributed by atoms with Gasteiger partial charge in [-0.25, -0.2) is 0 Å². The summed E-state index contributed by atoms with van der Waals surface area (Å²) in [5.74, 6) is -0.211. The Hall–Kier alpha value is -0.990. The lowest BCUT2D eigenvalue weighted by Crippen LogP contribution is -2.10. The van der Waals surface area contributed by atoms with Crippen molar-refractivity contribution < 1.29 is 4.79 Å². The van der Waals surface area contributed by atoms with Crippen LogP contribution in [0.3, 0.4) is 0 Å². The number of hydrogen-bond acceptors (Lipinski definition) is 2. The van der Waals surface area contributed by atoms with Gasteiger partial charge in [0, 0.05) is 6.20 Å². The summed E-state index contributed by atoms with van der Waals surface area (Å²) < 4.78 is 0. The number of nitrogens with zero attached hydrogens (tertiary/aromatic N) is 2. The van der Waals surface area contributed by atoms with Crippen molar-refractivity contribution in [1.82, 2.24) is 0 Å². The molecule has 0 radical (unpaired) electrons. The topological polar surface area (TPSA) is 41.8 Å². The second-order valence-electron chi connectivity index (χ2n) is 2.15. The molecule has 0 N–H and O–H groups in total. The summed E-state index contributed by atoms with van der Waals surface area (Å²) in [6, 6.07) is 0. The molecule has 0 saturated carbocycles. The maximum atomic E-state index is 10.7. The third-order valence-corrected chi connectivity index (χ3v) is 1.47. The molecule has 9 heavy (non-hydrogen) atoms. The van der Waals surface area contributed by atoms with Crippen molar-refractivity contribution in [3.63, 3.8) is 0 Å². The van der Waals surface area contributed by atoms with Gasteiger partial charge < -0.3 is 0 Å². The number of hydrogen-bond donors (Lipinski definition) is 0. The van der Waals surface area contributed by atoms with Crippen LogP contribution in [0.4, 0.5) is 0 Å². The highest BCUT2D eigenvalue weighted by molar-refractivity contribution is 5.82. The zero-order valence-electron chi connectivity index (χ0n) is 5.46. The number of azo groups is 1. The Balaban J connectivity index is 2.86. The van der Waals surface area contributed by atoms with Gasteiger partial charge in [-0.05, 0) is 19.4 Å². The Labute approximate surface area is 53.5 Å². The first-order valence-electron chi connectivity index (χ1n) is 2.83. The largest absolute Gasteiger partial charge is 0.271 e. The molecule has 0 aromatic carbocycles. The normalized spacial score (nSPS) is 26.2. The summed E-state index contributed by atoms with van der Waals surface area (Å²) >= 11 is 0. The molecule has 0 aromatic rings. The highest BCUT2D eigenvalue weighted by Crippen LogP contribution is 2.15. The Morgan fingerprint density at radius 3 is 2.78 bits per heavy atom. The summed E-state index contributed by atoms with van der Waals surface area (Å²) in [7, 11) is 0. The molecule has 1 atom stereocenters. The van der Waals surface area contributed by atoms with E-state index in [0.29, 0.717) is 0 Å². The van der Waals surface area contributed by atoms with Gasteiger partial charge in [-0.1, -0.05) is 0 Å². The van der Waals surface area contributed by atoms with Crippen LogP contribution in [-0.2, 0) is 4.79 Å². The third-order valence-electron chi connectivity index (χ3n) is 1.47. The Morgan fingerprint density at radius 1 is 1.67 bits per heavy atom. The van der Waals surface area contributed by atoms with E-state index < -0.39 is 0 Å². The fourth-order valence-corrected chi connectivity index (χ4v) is 0.570. The molecule has 1 unspecified atom stereocenters. The smallest absolute Gasteiger partial charge is 0.270 e. The maximum absolute atomic E-state index is 10.7. The molecule has 3 nitrogen and oxygen atoms in total. The molecule has 0 saturated heterocycles. The second-order valence-corrected chi connectivity index (χ2v) is 2.15. The molecule has 1 amide bonds. The molecular formula is C6H8N2O. The summed E-state index contributed by atoms with van der Waals surface area (Å²) in [6.07, 6.45) is 1.62. The number of amides is 1. The molecule has 1 heterocycles. The van der Waals surface area contributed by atoms with Gasteiger partial charge in [0.15, 0.2) is 0 Å². The predicted molar refractivity (Wildman–Crippen MR) is 32.8 cm³/mol. The van der Waals surface area contributed by atoms with Crippen LogP contribution in [0.25, 0.3) is 0 Å². The monoisotopic (exact) mass is 124 g/mol. The molecule has 3 heteroatoms. The average Bonchev–Trinajstić information content (AvgIpc) is 1.83. The molecule has 0 fully saturated rings. The highest BCUT2D eigenvalue weighted by atomic mass is 16.1. The van der Waals surface area contributed by atoms with Gasteiger partial charge in [0.2, 0.25) is 0 Å². The number of rotatable bonds is 0. The predicted octanol–water partition coefficient (Wildman–Crippen LogP) is 1.52. The van der Waals surface area contributed by atoms with E-state index in [2.05, 4.69) is 10.2 Å². The Kier molecular flexibility index (Phi) is 1.42. The van der Waals surface area contributed by atoms with E-state index in [9.17, 15) is 4.79 Å². The molecule has 0 aromatic heterocycles. The Bertz CT molecular complexity index is 193. The summed E-state index contributed by atoms with van der Waals surface area (Å²) in [5, 5.41) is 6.87. The molecule has 1 aliphatic heterocycles. The minimum Gasteiger partial charge on any atom is -0.270 e. The van der Waals surface area contributed by atoms with Crippen molar-refractivity contribution in [1.29, 1.82) is 0 Å². The maximum Gasteiger partial charge on any atom is 0.271 e. The summed E-state index contributed by atoms with van der Waals surface area (Å²) in [4.78, 5) is 10.7. The SMILES string of the molecule is CC1=CN=NC(=O)C1C. The number of carbonyl (C=O) groups is 1. The molecule has 0 aliphatic carbocycles. The van der Waals surface area contributed by atoms with Gasteiger partial charge in [0.1, 0.15) is 0 Å². The van der Waals surface area contributed by atoms with E-state index in [1.165, 1.54) is 0 Å². The lowest BCUT2D eigenvalue weighted by Gasteiger charge is -2.07. The first-order valence-corrected chi connectivity index (χ1v) is 2.83. The van der Waals surface area contributed by atoms with E-state index in [1.54, 1.807) is 6.20 Å². The summed E-state index contributed by atoms with van der Waals surface area (Å²) in [6.45, 7) is 3.70. The van der Waals surface area contributed by atoms with Crippen LogP contribution in [-0.4, -0.2) is 5.91 Å². The van der Waals surface area contributed by atoms with E-state index in [0.717, 1.165) is 5.57 Å². The van der Waals surface area contributed by atoms with E-state index in [4.69, 9.17) is 0 Å².